The molecule has 6 heteroatoms. The molecule has 122 valence electrons. The number of ether oxygens (including phenoxy) is 1. The number of carbonyl (C=O) groups excluding carboxylic acids is 2. The molecule has 3 rings (SSSR count). The maximum Gasteiger partial charge on any atom is 0.269 e. The summed E-state index contributed by atoms with van der Waals surface area (Å²) < 4.78 is 20.1. The van der Waals surface area contributed by atoms with E-state index in [0.29, 0.717) is 16.9 Å². The van der Waals surface area contributed by atoms with E-state index in [9.17, 15) is 14.0 Å². The number of halogens is 2. The largest absolute Gasteiger partial charge is 0.495 e. The predicted molar refractivity (Wildman–Crippen MR) is 97.5 cm³/mol. The summed E-state index contributed by atoms with van der Waals surface area (Å²) in [7, 11) is 1.47. The van der Waals surface area contributed by atoms with Gasteiger partial charge in [0, 0.05) is 21.6 Å². The van der Waals surface area contributed by atoms with Gasteiger partial charge < -0.3 is 4.74 Å². The van der Waals surface area contributed by atoms with Crippen molar-refractivity contribution in [3.05, 3.63) is 63.0 Å². The first-order valence-corrected chi connectivity index (χ1v) is 8.21. The van der Waals surface area contributed by atoms with Crippen molar-refractivity contribution >= 4 is 51.4 Å². The third-order valence-electron chi connectivity index (χ3n) is 3.74. The fourth-order valence-electron chi connectivity index (χ4n) is 2.74. The fraction of sp³-hybridized carbons (Fsp3) is 0.111. The number of anilines is 1. The fourth-order valence-corrected chi connectivity index (χ4v) is 3.09. The smallest absolute Gasteiger partial charge is 0.269 e. The molecule has 0 N–H and O–H groups in total. The number of amides is 2. The molecule has 0 unspecified atom stereocenters. The molecule has 0 atom stereocenters. The summed E-state index contributed by atoms with van der Waals surface area (Å²) in [4.78, 5) is 25.7. The van der Waals surface area contributed by atoms with E-state index in [1.807, 2.05) is 24.3 Å². The Morgan fingerprint density at radius 2 is 1.83 bits per heavy atom. The molecule has 1 aliphatic rings. The highest BCUT2D eigenvalue weighted by atomic mass is 127. The summed E-state index contributed by atoms with van der Waals surface area (Å²) in [6.07, 6.45) is 0. The van der Waals surface area contributed by atoms with Crippen LogP contribution >= 0.6 is 22.6 Å². The molecular formula is C18H13FINO3. The average molecular weight is 437 g/mol. The second-order valence-electron chi connectivity index (χ2n) is 5.24. The highest BCUT2D eigenvalue weighted by Gasteiger charge is 2.38. The van der Waals surface area contributed by atoms with Crippen LogP contribution in [0.1, 0.15) is 18.1 Å². The van der Waals surface area contributed by atoms with Gasteiger partial charge >= 0.3 is 0 Å². The predicted octanol–water partition coefficient (Wildman–Crippen LogP) is 3.84. The van der Waals surface area contributed by atoms with E-state index >= 15 is 0 Å². The zero-order valence-electron chi connectivity index (χ0n) is 13.0. The number of methoxy groups -OCH3 is 1. The molecule has 1 aliphatic heterocycles. The van der Waals surface area contributed by atoms with Crippen LogP contribution in [0.3, 0.4) is 0 Å². The first-order chi connectivity index (χ1) is 11.4. The Hall–Kier alpha value is -2.22. The van der Waals surface area contributed by atoms with Crippen LogP contribution in [0, 0.1) is 9.39 Å². The van der Waals surface area contributed by atoms with Gasteiger partial charge in [-0.05, 0) is 52.9 Å². The van der Waals surface area contributed by atoms with Crippen LogP contribution in [0.25, 0.3) is 11.3 Å². The van der Waals surface area contributed by atoms with Crippen molar-refractivity contribution in [2.45, 2.75) is 6.92 Å². The molecule has 1 heterocycles. The lowest BCUT2D eigenvalue weighted by atomic mass is 10.0. The van der Waals surface area contributed by atoms with Crippen LogP contribution in [-0.2, 0) is 14.3 Å². The van der Waals surface area contributed by atoms with Crippen molar-refractivity contribution in [3.63, 3.8) is 0 Å². The Balaban J connectivity index is 2.28. The van der Waals surface area contributed by atoms with Crippen LogP contribution in [0.2, 0.25) is 0 Å². The molecule has 0 saturated heterocycles. The van der Waals surface area contributed by atoms with Gasteiger partial charge in [0.15, 0.2) is 0 Å². The molecule has 0 bridgehead atoms. The number of hydrogen-bond acceptors (Lipinski definition) is 3. The van der Waals surface area contributed by atoms with E-state index in [1.165, 1.54) is 32.2 Å². The molecule has 4 nitrogen and oxygen atoms in total. The monoisotopic (exact) mass is 437 g/mol. The van der Waals surface area contributed by atoms with Crippen LogP contribution < -0.4 is 4.90 Å². The van der Waals surface area contributed by atoms with Crippen molar-refractivity contribution in [1.29, 1.82) is 0 Å². The summed E-state index contributed by atoms with van der Waals surface area (Å²) in [5.41, 5.74) is 1.68. The molecule has 0 aromatic heterocycles. The Labute approximate surface area is 152 Å². The number of imide groups is 1. The highest BCUT2D eigenvalue weighted by Crippen LogP contribution is 2.41. The van der Waals surface area contributed by atoms with Crippen LogP contribution in [0.4, 0.5) is 10.1 Å². The lowest BCUT2D eigenvalue weighted by molar-refractivity contribution is -0.122. The van der Waals surface area contributed by atoms with Gasteiger partial charge in [-0.15, -0.1) is 0 Å². The Kier molecular flexibility index (Phi) is 4.40. The number of carbonyl (C=O) groups is 2. The molecule has 2 amide bonds. The zero-order valence-corrected chi connectivity index (χ0v) is 15.1. The minimum absolute atomic E-state index is 0.238. The van der Waals surface area contributed by atoms with E-state index in [2.05, 4.69) is 22.6 Å². The van der Waals surface area contributed by atoms with Crippen molar-refractivity contribution < 1.29 is 18.7 Å². The molecule has 2 aromatic rings. The maximum atomic E-state index is 13.6. The normalized spacial score (nSPS) is 15.3. The van der Waals surface area contributed by atoms with Gasteiger partial charge in [0.25, 0.3) is 5.91 Å². The number of rotatable bonds is 2. The van der Waals surface area contributed by atoms with Crippen molar-refractivity contribution in [2.75, 3.05) is 12.0 Å². The Bertz CT molecular complexity index is 874. The Morgan fingerprint density at radius 1 is 1.17 bits per heavy atom. The Morgan fingerprint density at radius 3 is 2.42 bits per heavy atom. The van der Waals surface area contributed by atoms with Gasteiger partial charge in [-0.25, -0.2) is 9.29 Å². The number of benzene rings is 2. The second-order valence-corrected chi connectivity index (χ2v) is 6.48. The lowest BCUT2D eigenvalue weighted by Gasteiger charge is -2.12. The lowest BCUT2D eigenvalue weighted by Crippen LogP contribution is -2.31. The quantitative estimate of drug-likeness (QED) is 0.408. The molecule has 2 aromatic carbocycles. The van der Waals surface area contributed by atoms with Gasteiger partial charge in [0.1, 0.15) is 11.6 Å². The summed E-state index contributed by atoms with van der Waals surface area (Å²) in [6.45, 7) is 1.27. The van der Waals surface area contributed by atoms with E-state index in [1.54, 1.807) is 0 Å². The summed E-state index contributed by atoms with van der Waals surface area (Å²) in [5, 5.41) is 0. The van der Waals surface area contributed by atoms with Crippen molar-refractivity contribution in [1.82, 2.24) is 0 Å². The van der Waals surface area contributed by atoms with E-state index in [0.717, 1.165) is 8.47 Å². The minimum Gasteiger partial charge on any atom is -0.495 e. The SMILES string of the molecule is COC(=C1C(=O)N(C(C)=O)c2cc(F)ccc21)c1ccc(I)cc1. The third-order valence-corrected chi connectivity index (χ3v) is 4.46. The molecule has 0 radical (unpaired) electrons. The van der Waals surface area contributed by atoms with E-state index in [4.69, 9.17) is 4.74 Å². The van der Waals surface area contributed by atoms with Crippen LogP contribution in [0.15, 0.2) is 42.5 Å². The van der Waals surface area contributed by atoms with Gasteiger partial charge in [-0.3, -0.25) is 9.59 Å². The summed E-state index contributed by atoms with van der Waals surface area (Å²) in [6, 6.07) is 11.4. The number of hydrogen-bond donors (Lipinski definition) is 0. The van der Waals surface area contributed by atoms with Crippen molar-refractivity contribution in [3.8, 4) is 0 Å². The molecule has 0 fully saturated rings. The van der Waals surface area contributed by atoms with Crippen molar-refractivity contribution in [2.24, 2.45) is 0 Å². The minimum atomic E-state index is -0.515. The average Bonchev–Trinajstić information content (AvgIpc) is 2.82. The first-order valence-electron chi connectivity index (χ1n) is 7.13. The third kappa shape index (κ3) is 2.71. The molecule has 24 heavy (non-hydrogen) atoms. The molecule has 0 spiro atoms. The van der Waals surface area contributed by atoms with Gasteiger partial charge in [0.2, 0.25) is 5.91 Å². The topological polar surface area (TPSA) is 46.6 Å². The van der Waals surface area contributed by atoms with E-state index < -0.39 is 17.6 Å². The highest BCUT2D eigenvalue weighted by molar-refractivity contribution is 14.1. The molecule has 0 saturated carbocycles. The standard InChI is InChI=1S/C18H13FINO3/c1-10(22)21-15-9-12(19)5-8-14(15)16(18(21)23)17(24-2)11-3-6-13(20)7-4-11/h3-9H,1-2H3. The van der Waals surface area contributed by atoms with Gasteiger partial charge in [0.05, 0.1) is 18.4 Å². The van der Waals surface area contributed by atoms with E-state index in [-0.39, 0.29) is 11.3 Å². The summed E-state index contributed by atoms with van der Waals surface area (Å²) in [5.74, 6) is -1.14. The molecular weight excluding hydrogens is 424 g/mol. The maximum absolute atomic E-state index is 13.6. The molecule has 0 aliphatic carbocycles. The van der Waals surface area contributed by atoms with Gasteiger partial charge in [-0.2, -0.15) is 0 Å². The number of fused-ring (bicyclic) bond motifs is 1. The summed E-state index contributed by atoms with van der Waals surface area (Å²) >= 11 is 2.18. The number of nitrogens with zero attached hydrogens (tertiary/aromatic N) is 1. The zero-order chi connectivity index (χ0) is 17.4. The first kappa shape index (κ1) is 16.6. The van der Waals surface area contributed by atoms with Crippen LogP contribution in [-0.4, -0.2) is 18.9 Å². The van der Waals surface area contributed by atoms with Crippen LogP contribution in [0.5, 0.6) is 0 Å². The van der Waals surface area contributed by atoms with Gasteiger partial charge in [-0.1, -0.05) is 12.1 Å². The second kappa shape index (κ2) is 6.35.